The van der Waals surface area contributed by atoms with Crippen LogP contribution in [0.1, 0.15) is 44.2 Å². The van der Waals surface area contributed by atoms with Crippen molar-refractivity contribution in [2.75, 3.05) is 33.9 Å². The average Bonchev–Trinajstić information content (AvgIpc) is 3.45. The molecule has 9 nitrogen and oxygen atoms in total. The fourth-order valence-electron chi connectivity index (χ4n) is 4.53. The first-order valence-electron chi connectivity index (χ1n) is 11.6. The SMILES string of the molecule is COC(=O)C1=C(C)N=C2SC=C(CC(=O)NCCCN3CCCC3=O)N2C1c1cccc(OC)c1. The summed E-state index contributed by atoms with van der Waals surface area (Å²) >= 11 is 1.43. The van der Waals surface area contributed by atoms with Crippen LogP contribution in [-0.2, 0) is 19.1 Å². The number of benzene rings is 1. The van der Waals surface area contributed by atoms with Gasteiger partial charge in [-0.1, -0.05) is 23.9 Å². The lowest BCUT2D eigenvalue weighted by atomic mass is 9.93. The summed E-state index contributed by atoms with van der Waals surface area (Å²) < 4.78 is 10.5. The topological polar surface area (TPSA) is 101 Å². The zero-order chi connectivity index (χ0) is 24.9. The van der Waals surface area contributed by atoms with Crippen molar-refractivity contribution in [1.82, 2.24) is 15.1 Å². The molecule has 1 fully saturated rings. The summed E-state index contributed by atoms with van der Waals surface area (Å²) in [5.41, 5.74) is 2.59. The molecule has 1 saturated heterocycles. The number of carbonyl (C=O) groups excluding carboxylic acids is 3. The van der Waals surface area contributed by atoms with Crippen LogP contribution >= 0.6 is 11.8 Å². The number of allylic oxidation sites excluding steroid dienone is 1. The number of fused-ring (bicyclic) bond motifs is 1. The van der Waals surface area contributed by atoms with Crippen LogP contribution in [0.3, 0.4) is 0 Å². The van der Waals surface area contributed by atoms with Gasteiger partial charge in [-0.2, -0.15) is 0 Å². The van der Waals surface area contributed by atoms with Gasteiger partial charge in [-0.25, -0.2) is 9.79 Å². The van der Waals surface area contributed by atoms with E-state index in [9.17, 15) is 14.4 Å². The fourth-order valence-corrected chi connectivity index (χ4v) is 5.50. The lowest BCUT2D eigenvalue weighted by Crippen LogP contribution is -2.38. The van der Waals surface area contributed by atoms with Gasteiger partial charge in [0, 0.05) is 31.8 Å². The molecule has 1 aromatic rings. The minimum Gasteiger partial charge on any atom is -0.497 e. The summed E-state index contributed by atoms with van der Waals surface area (Å²) in [5.74, 6) is 0.270. The zero-order valence-corrected chi connectivity index (χ0v) is 21.0. The molecule has 0 saturated carbocycles. The van der Waals surface area contributed by atoms with Crippen molar-refractivity contribution in [3.8, 4) is 5.75 Å². The van der Waals surface area contributed by atoms with E-state index in [1.54, 1.807) is 14.0 Å². The molecular formula is C25H30N4O5S. The van der Waals surface area contributed by atoms with Crippen molar-refractivity contribution in [3.05, 3.63) is 52.2 Å². The Morgan fingerprint density at radius 1 is 1.29 bits per heavy atom. The van der Waals surface area contributed by atoms with E-state index in [2.05, 4.69) is 10.3 Å². The first kappa shape index (κ1) is 24.8. The van der Waals surface area contributed by atoms with Crippen molar-refractivity contribution >= 4 is 34.7 Å². The predicted octanol–water partition coefficient (Wildman–Crippen LogP) is 2.96. The Morgan fingerprint density at radius 2 is 2.11 bits per heavy atom. The van der Waals surface area contributed by atoms with E-state index in [1.807, 2.05) is 39.5 Å². The molecule has 2 amide bonds. The fraction of sp³-hybridized carbons (Fsp3) is 0.440. The smallest absolute Gasteiger partial charge is 0.338 e. The Balaban J connectivity index is 1.49. The molecule has 0 aliphatic carbocycles. The molecule has 1 atom stereocenters. The summed E-state index contributed by atoms with van der Waals surface area (Å²) in [5, 5.41) is 5.56. The third kappa shape index (κ3) is 5.37. The maximum absolute atomic E-state index is 12.8. The van der Waals surface area contributed by atoms with E-state index < -0.39 is 12.0 Å². The van der Waals surface area contributed by atoms with E-state index >= 15 is 0 Å². The number of nitrogens with one attached hydrogen (secondary N) is 1. The number of thioether (sulfide) groups is 1. The van der Waals surface area contributed by atoms with E-state index in [-0.39, 0.29) is 18.2 Å². The molecule has 0 aromatic heterocycles. The van der Waals surface area contributed by atoms with Gasteiger partial charge in [-0.05, 0) is 42.9 Å². The van der Waals surface area contributed by atoms with Crippen molar-refractivity contribution < 1.29 is 23.9 Å². The maximum Gasteiger partial charge on any atom is 0.338 e. The molecule has 3 aliphatic rings. The third-order valence-electron chi connectivity index (χ3n) is 6.26. The van der Waals surface area contributed by atoms with Crippen LogP contribution < -0.4 is 10.1 Å². The molecule has 186 valence electrons. The van der Waals surface area contributed by atoms with E-state index in [0.717, 1.165) is 24.2 Å². The first-order chi connectivity index (χ1) is 16.9. The lowest BCUT2D eigenvalue weighted by molar-refractivity contribution is -0.136. The standard InChI is InChI=1S/C25H30N4O5S/c1-16-22(24(32)34-3)23(17-7-4-8-19(13-17)33-2)29-18(15-35-25(29)27-16)14-20(30)26-10-6-12-28-11-5-9-21(28)31/h4,7-8,13,15,23H,5-6,9-12,14H2,1-3H3,(H,26,30). The van der Waals surface area contributed by atoms with Gasteiger partial charge < -0.3 is 24.6 Å². The van der Waals surface area contributed by atoms with Crippen molar-refractivity contribution in [2.45, 2.75) is 38.6 Å². The van der Waals surface area contributed by atoms with Gasteiger partial charge in [0.2, 0.25) is 11.8 Å². The molecule has 3 aliphatic heterocycles. The molecule has 35 heavy (non-hydrogen) atoms. The number of carbonyl (C=O) groups is 3. The first-order valence-corrected chi connectivity index (χ1v) is 12.5. The Labute approximate surface area is 209 Å². The number of rotatable bonds is 9. The second kappa shape index (κ2) is 11.0. The number of amides is 2. The van der Waals surface area contributed by atoms with Crippen LogP contribution in [0.15, 0.2) is 51.6 Å². The van der Waals surface area contributed by atoms with Gasteiger partial charge in [0.15, 0.2) is 5.17 Å². The Bertz CT molecular complexity index is 1110. The van der Waals surface area contributed by atoms with Crippen LogP contribution in [0.25, 0.3) is 0 Å². The highest BCUT2D eigenvalue weighted by atomic mass is 32.2. The summed E-state index contributed by atoms with van der Waals surface area (Å²) in [6.45, 7) is 3.75. The summed E-state index contributed by atoms with van der Waals surface area (Å²) in [6, 6.07) is 7.01. The number of hydrogen-bond donors (Lipinski definition) is 1. The van der Waals surface area contributed by atoms with E-state index in [4.69, 9.17) is 9.47 Å². The molecule has 1 N–H and O–H groups in total. The van der Waals surface area contributed by atoms with E-state index in [1.165, 1.54) is 18.9 Å². The van der Waals surface area contributed by atoms with Gasteiger partial charge >= 0.3 is 5.97 Å². The zero-order valence-electron chi connectivity index (χ0n) is 20.2. The number of esters is 1. The number of likely N-dealkylation sites (tertiary alicyclic amines) is 1. The number of aliphatic imine (C=N–C) groups is 1. The largest absolute Gasteiger partial charge is 0.497 e. The summed E-state index contributed by atoms with van der Waals surface area (Å²) in [4.78, 5) is 45.7. The highest BCUT2D eigenvalue weighted by Gasteiger charge is 2.41. The second-order valence-corrected chi connectivity index (χ2v) is 9.36. The molecule has 1 unspecified atom stereocenters. The van der Waals surface area contributed by atoms with Crippen LogP contribution in [0.5, 0.6) is 5.75 Å². The molecule has 1 aromatic carbocycles. The number of amidine groups is 1. The van der Waals surface area contributed by atoms with Crippen LogP contribution in [0, 0.1) is 0 Å². The average molecular weight is 499 g/mol. The van der Waals surface area contributed by atoms with Crippen LogP contribution in [-0.4, -0.2) is 66.6 Å². The number of nitrogens with zero attached hydrogens (tertiary/aromatic N) is 3. The highest BCUT2D eigenvalue weighted by Crippen LogP contribution is 2.45. The van der Waals surface area contributed by atoms with Gasteiger partial charge in [0.1, 0.15) is 5.75 Å². The minimum atomic E-state index is -0.500. The van der Waals surface area contributed by atoms with Gasteiger partial charge in [0.25, 0.3) is 0 Å². The normalized spacial score (nSPS) is 19.4. The van der Waals surface area contributed by atoms with Crippen molar-refractivity contribution in [3.63, 3.8) is 0 Å². The summed E-state index contributed by atoms with van der Waals surface area (Å²) in [6.07, 6.45) is 2.38. The van der Waals surface area contributed by atoms with Gasteiger partial charge in [0.05, 0.1) is 38.0 Å². The highest BCUT2D eigenvalue weighted by molar-refractivity contribution is 8.16. The monoisotopic (exact) mass is 498 g/mol. The quantitative estimate of drug-likeness (QED) is 0.413. The Kier molecular flexibility index (Phi) is 7.80. The van der Waals surface area contributed by atoms with Gasteiger partial charge in [-0.15, -0.1) is 0 Å². The lowest BCUT2D eigenvalue weighted by Gasteiger charge is -2.36. The van der Waals surface area contributed by atoms with E-state index in [0.29, 0.717) is 48.1 Å². The second-order valence-electron chi connectivity index (χ2n) is 8.53. The number of methoxy groups -OCH3 is 2. The molecule has 0 spiro atoms. The van der Waals surface area contributed by atoms with Gasteiger partial charge in [-0.3, -0.25) is 9.59 Å². The Hall–Kier alpha value is -3.27. The van der Waals surface area contributed by atoms with Crippen molar-refractivity contribution in [1.29, 1.82) is 0 Å². The minimum absolute atomic E-state index is 0.124. The molecule has 3 heterocycles. The molecule has 10 heteroatoms. The predicted molar refractivity (Wildman–Crippen MR) is 133 cm³/mol. The molecular weight excluding hydrogens is 468 g/mol. The number of hydrogen-bond acceptors (Lipinski definition) is 8. The maximum atomic E-state index is 12.8. The third-order valence-corrected chi connectivity index (χ3v) is 7.14. The molecule has 4 rings (SSSR count). The molecule has 0 radical (unpaired) electrons. The summed E-state index contributed by atoms with van der Waals surface area (Å²) in [7, 11) is 2.94. The van der Waals surface area contributed by atoms with Crippen molar-refractivity contribution in [2.24, 2.45) is 4.99 Å². The van der Waals surface area contributed by atoms with Crippen LogP contribution in [0.2, 0.25) is 0 Å². The molecule has 0 bridgehead atoms. The Morgan fingerprint density at radius 3 is 2.83 bits per heavy atom. The number of ether oxygens (including phenoxy) is 2. The van der Waals surface area contributed by atoms with Crippen LogP contribution in [0.4, 0.5) is 0 Å².